The summed E-state index contributed by atoms with van der Waals surface area (Å²) in [6.07, 6.45) is 5.98. The zero-order valence-electron chi connectivity index (χ0n) is 12.0. The lowest BCUT2D eigenvalue weighted by molar-refractivity contribution is 0.270. The van der Waals surface area contributed by atoms with E-state index in [4.69, 9.17) is 0 Å². The molecular weight excluding hydrogens is 250 g/mol. The van der Waals surface area contributed by atoms with Crippen LogP contribution in [0, 0.1) is 11.8 Å². The van der Waals surface area contributed by atoms with Crippen molar-refractivity contribution in [1.82, 2.24) is 5.32 Å². The maximum atomic E-state index is 9.76. The largest absolute Gasteiger partial charge is 0.504 e. The predicted octanol–water partition coefficient (Wildman–Crippen LogP) is 3.15. The lowest BCUT2D eigenvalue weighted by Gasteiger charge is -2.37. The number of phenols is 2. The van der Waals surface area contributed by atoms with Gasteiger partial charge in [0, 0.05) is 12.5 Å². The van der Waals surface area contributed by atoms with Crippen molar-refractivity contribution in [2.45, 2.75) is 32.1 Å². The van der Waals surface area contributed by atoms with Gasteiger partial charge in [-0.05, 0) is 48.9 Å². The molecule has 3 rings (SSSR count). The van der Waals surface area contributed by atoms with E-state index in [0.29, 0.717) is 17.8 Å². The molecule has 108 valence electrons. The average Bonchev–Trinajstić information content (AvgIpc) is 2.86. The van der Waals surface area contributed by atoms with Crippen LogP contribution >= 0.6 is 0 Å². The van der Waals surface area contributed by atoms with E-state index < -0.39 is 0 Å². The molecule has 2 aliphatic rings. The van der Waals surface area contributed by atoms with Crippen molar-refractivity contribution in [1.29, 1.82) is 0 Å². The molecule has 20 heavy (non-hydrogen) atoms. The summed E-state index contributed by atoms with van der Waals surface area (Å²) in [6, 6.07) is 5.28. The summed E-state index contributed by atoms with van der Waals surface area (Å²) in [6.45, 7) is 4.28. The molecule has 1 fully saturated rings. The number of benzene rings is 1. The first-order valence-corrected chi connectivity index (χ1v) is 7.62. The number of piperidine rings is 1. The highest BCUT2D eigenvalue weighted by molar-refractivity contribution is 5.43. The summed E-state index contributed by atoms with van der Waals surface area (Å²) in [5, 5.41) is 22.8. The fourth-order valence-electron chi connectivity index (χ4n) is 3.89. The van der Waals surface area contributed by atoms with Crippen LogP contribution in [-0.4, -0.2) is 23.3 Å². The number of phenolic OH excluding ortho intramolecular Hbond substituents is 2. The quantitative estimate of drug-likeness (QED) is 0.586. The minimum absolute atomic E-state index is 0.0105. The Balaban J connectivity index is 1.90. The molecule has 3 atom stereocenters. The molecule has 1 saturated heterocycles. The van der Waals surface area contributed by atoms with Crippen molar-refractivity contribution in [3.05, 3.63) is 35.4 Å². The molecule has 3 N–H and O–H groups in total. The standard InChI is InChI=1S/C17H23NO2/c1-2-3-11-4-5-13-9-18-10-14(17(11)13)12-6-7-15(19)16(20)8-12/h4,6-8,13-14,17-20H,2-3,5,9-10H2,1H3/t13?,14-,17?/m0/s1. The van der Waals surface area contributed by atoms with Gasteiger partial charge in [0.2, 0.25) is 0 Å². The molecule has 0 spiro atoms. The van der Waals surface area contributed by atoms with Crippen LogP contribution in [0.15, 0.2) is 29.8 Å². The smallest absolute Gasteiger partial charge is 0.157 e. The Hall–Kier alpha value is -1.48. The maximum absolute atomic E-state index is 9.76. The van der Waals surface area contributed by atoms with Crippen LogP contribution in [0.1, 0.15) is 37.7 Å². The molecule has 3 heteroatoms. The number of allylic oxidation sites excluding steroid dienone is 2. The molecule has 1 aromatic carbocycles. The normalized spacial score (nSPS) is 29.1. The fraction of sp³-hybridized carbons (Fsp3) is 0.529. The molecule has 0 radical (unpaired) electrons. The van der Waals surface area contributed by atoms with Crippen molar-refractivity contribution < 1.29 is 10.2 Å². The summed E-state index contributed by atoms with van der Waals surface area (Å²) in [5.74, 6) is 1.64. The molecule has 0 bridgehead atoms. The van der Waals surface area contributed by atoms with E-state index in [1.807, 2.05) is 6.07 Å². The predicted molar refractivity (Wildman–Crippen MR) is 80.0 cm³/mol. The van der Waals surface area contributed by atoms with Gasteiger partial charge in [0.25, 0.3) is 0 Å². The molecule has 1 aliphatic heterocycles. The molecular formula is C17H23NO2. The van der Waals surface area contributed by atoms with Crippen molar-refractivity contribution in [2.75, 3.05) is 13.1 Å². The summed E-state index contributed by atoms with van der Waals surface area (Å²) in [4.78, 5) is 0. The van der Waals surface area contributed by atoms with Crippen LogP contribution in [0.25, 0.3) is 0 Å². The molecule has 1 aliphatic carbocycles. The number of nitrogens with one attached hydrogen (secondary N) is 1. The van der Waals surface area contributed by atoms with E-state index in [-0.39, 0.29) is 11.5 Å². The Morgan fingerprint density at radius 1 is 1.20 bits per heavy atom. The average molecular weight is 273 g/mol. The van der Waals surface area contributed by atoms with Crippen molar-refractivity contribution in [2.24, 2.45) is 11.8 Å². The van der Waals surface area contributed by atoms with Crippen LogP contribution in [0.5, 0.6) is 11.5 Å². The van der Waals surface area contributed by atoms with Gasteiger partial charge in [0.15, 0.2) is 11.5 Å². The third kappa shape index (κ3) is 2.31. The van der Waals surface area contributed by atoms with E-state index in [2.05, 4.69) is 18.3 Å². The second kappa shape index (κ2) is 5.49. The highest BCUT2D eigenvalue weighted by atomic mass is 16.3. The van der Waals surface area contributed by atoms with Crippen molar-refractivity contribution in [3.63, 3.8) is 0 Å². The number of fused-ring (bicyclic) bond motifs is 1. The van der Waals surface area contributed by atoms with Gasteiger partial charge in [-0.3, -0.25) is 0 Å². The molecule has 2 unspecified atom stereocenters. The summed E-state index contributed by atoms with van der Waals surface area (Å²) in [5.41, 5.74) is 2.72. The van der Waals surface area contributed by atoms with E-state index in [1.165, 1.54) is 19.3 Å². The van der Waals surface area contributed by atoms with E-state index in [9.17, 15) is 10.2 Å². The Labute approximate surface area is 120 Å². The van der Waals surface area contributed by atoms with Crippen LogP contribution < -0.4 is 5.32 Å². The van der Waals surface area contributed by atoms with Gasteiger partial charge in [-0.25, -0.2) is 0 Å². The monoisotopic (exact) mass is 273 g/mol. The molecule has 0 amide bonds. The lowest BCUT2D eigenvalue weighted by Crippen LogP contribution is -2.41. The van der Waals surface area contributed by atoms with Crippen LogP contribution in [0.4, 0.5) is 0 Å². The van der Waals surface area contributed by atoms with Gasteiger partial charge in [0.1, 0.15) is 0 Å². The third-order valence-corrected chi connectivity index (χ3v) is 4.79. The van der Waals surface area contributed by atoms with Gasteiger partial charge in [-0.15, -0.1) is 0 Å². The lowest BCUT2D eigenvalue weighted by atomic mass is 9.73. The second-order valence-corrected chi connectivity index (χ2v) is 6.06. The Bertz CT molecular complexity index is 524. The summed E-state index contributed by atoms with van der Waals surface area (Å²) >= 11 is 0. The van der Waals surface area contributed by atoms with Gasteiger partial charge >= 0.3 is 0 Å². The second-order valence-electron chi connectivity index (χ2n) is 6.06. The molecule has 1 heterocycles. The zero-order chi connectivity index (χ0) is 14.1. The number of hydrogen-bond acceptors (Lipinski definition) is 3. The third-order valence-electron chi connectivity index (χ3n) is 4.79. The highest BCUT2D eigenvalue weighted by Gasteiger charge is 2.38. The first-order valence-electron chi connectivity index (χ1n) is 7.62. The SMILES string of the molecule is CCCC1=CCC2CNC[C@@H](c3ccc(O)c(O)c3)C12. The first kappa shape index (κ1) is 13.5. The molecule has 0 aromatic heterocycles. The highest BCUT2D eigenvalue weighted by Crippen LogP contribution is 2.46. The van der Waals surface area contributed by atoms with Crippen LogP contribution in [0.3, 0.4) is 0 Å². The first-order chi connectivity index (χ1) is 9.70. The Morgan fingerprint density at radius 3 is 2.80 bits per heavy atom. The maximum Gasteiger partial charge on any atom is 0.157 e. The van der Waals surface area contributed by atoms with E-state index >= 15 is 0 Å². The van der Waals surface area contributed by atoms with Crippen molar-refractivity contribution in [3.8, 4) is 11.5 Å². The van der Waals surface area contributed by atoms with Crippen LogP contribution in [0.2, 0.25) is 0 Å². The van der Waals surface area contributed by atoms with Gasteiger partial charge in [0.05, 0.1) is 0 Å². The summed E-state index contributed by atoms with van der Waals surface area (Å²) < 4.78 is 0. The van der Waals surface area contributed by atoms with Gasteiger partial charge in [-0.1, -0.05) is 31.1 Å². The summed E-state index contributed by atoms with van der Waals surface area (Å²) in [7, 11) is 0. The van der Waals surface area contributed by atoms with Crippen LogP contribution in [-0.2, 0) is 0 Å². The molecule has 1 aromatic rings. The minimum Gasteiger partial charge on any atom is -0.504 e. The molecule has 3 nitrogen and oxygen atoms in total. The number of rotatable bonds is 3. The Morgan fingerprint density at radius 2 is 2.05 bits per heavy atom. The molecule has 0 saturated carbocycles. The van der Waals surface area contributed by atoms with Gasteiger partial charge in [-0.2, -0.15) is 0 Å². The van der Waals surface area contributed by atoms with Gasteiger partial charge < -0.3 is 15.5 Å². The zero-order valence-corrected chi connectivity index (χ0v) is 12.0. The van der Waals surface area contributed by atoms with E-state index in [0.717, 1.165) is 18.7 Å². The Kier molecular flexibility index (Phi) is 3.70. The number of hydrogen-bond donors (Lipinski definition) is 3. The minimum atomic E-state index is -0.0372. The topological polar surface area (TPSA) is 52.5 Å². The van der Waals surface area contributed by atoms with E-state index in [1.54, 1.807) is 17.7 Å². The van der Waals surface area contributed by atoms with Crippen molar-refractivity contribution >= 4 is 0 Å². The number of aromatic hydroxyl groups is 2. The fourth-order valence-corrected chi connectivity index (χ4v) is 3.89.